The van der Waals surface area contributed by atoms with Crippen LogP contribution in [-0.4, -0.2) is 0 Å². The summed E-state index contributed by atoms with van der Waals surface area (Å²) in [5, 5.41) is 4.36. The van der Waals surface area contributed by atoms with Crippen molar-refractivity contribution in [2.24, 2.45) is 0 Å². The van der Waals surface area contributed by atoms with Crippen molar-refractivity contribution in [3.8, 4) is 55.6 Å². The van der Waals surface area contributed by atoms with Crippen LogP contribution in [0.15, 0.2) is 296 Å². The number of fused-ring (bicyclic) bond motifs is 4. The summed E-state index contributed by atoms with van der Waals surface area (Å²) in [6.07, 6.45) is 0. The van der Waals surface area contributed by atoms with Gasteiger partial charge in [0, 0.05) is 34.0 Å². The summed E-state index contributed by atoms with van der Waals surface area (Å²) in [4.78, 5) is 4.85. The van der Waals surface area contributed by atoms with Crippen molar-refractivity contribution in [2.45, 2.75) is 0 Å². The fraction of sp³-hybridized carbons (Fsp3) is 0. The number of benzene rings is 12. The van der Waals surface area contributed by atoms with Gasteiger partial charge in [-0.05, 0) is 110 Å². The molecule has 0 unspecified atom stereocenters. The van der Waals surface area contributed by atoms with E-state index in [9.17, 15) is 0 Å². The summed E-state index contributed by atoms with van der Waals surface area (Å²) >= 11 is 0. The van der Waals surface area contributed by atoms with Crippen LogP contribution in [0.1, 0.15) is 0 Å². The van der Waals surface area contributed by atoms with E-state index in [-0.39, 0.29) is 0 Å². The first-order valence-corrected chi connectivity index (χ1v) is 24.9. The Bertz CT molecular complexity index is 4040. The molecule has 13 aromatic rings. The van der Waals surface area contributed by atoms with E-state index in [0.29, 0.717) is 0 Å². The second kappa shape index (κ2) is 18.9. The number of nitrogens with zero attached hydrogens (tertiary/aromatic N) is 2. The van der Waals surface area contributed by atoms with Crippen LogP contribution in [0.3, 0.4) is 0 Å². The molecule has 0 bridgehead atoms. The van der Waals surface area contributed by atoms with E-state index in [0.717, 1.165) is 100 Å². The van der Waals surface area contributed by atoms with Crippen molar-refractivity contribution in [3.05, 3.63) is 291 Å². The first-order chi connectivity index (χ1) is 36.2. The molecule has 0 aliphatic carbocycles. The third-order valence-corrected chi connectivity index (χ3v) is 14.0. The fourth-order valence-corrected chi connectivity index (χ4v) is 10.5. The molecule has 0 saturated carbocycles. The first-order valence-electron chi connectivity index (χ1n) is 24.9. The molecule has 0 aliphatic rings. The highest BCUT2D eigenvalue weighted by atomic mass is 16.3. The summed E-state index contributed by atoms with van der Waals surface area (Å²) in [5.41, 5.74) is 19.2. The van der Waals surface area contributed by atoms with E-state index in [1.807, 2.05) is 0 Å². The van der Waals surface area contributed by atoms with E-state index in [1.54, 1.807) is 0 Å². The molecule has 73 heavy (non-hydrogen) atoms. The van der Waals surface area contributed by atoms with E-state index in [1.165, 1.54) is 22.3 Å². The Hall–Kier alpha value is -9.70. The van der Waals surface area contributed by atoms with Crippen molar-refractivity contribution in [1.82, 2.24) is 0 Å². The molecule has 0 aliphatic heterocycles. The maximum Gasteiger partial charge on any atom is 0.139 e. The second-order valence-corrected chi connectivity index (χ2v) is 18.5. The molecule has 0 N–H and O–H groups in total. The van der Waals surface area contributed by atoms with Crippen LogP contribution >= 0.6 is 0 Å². The van der Waals surface area contributed by atoms with E-state index in [2.05, 4.69) is 301 Å². The Morgan fingerprint density at radius 3 is 1.12 bits per heavy atom. The lowest BCUT2D eigenvalue weighted by molar-refractivity contribution is 0.669. The summed E-state index contributed by atoms with van der Waals surface area (Å²) in [7, 11) is 0. The molecule has 13 rings (SSSR count). The molecule has 3 heteroatoms. The molecule has 0 atom stereocenters. The Kier molecular flexibility index (Phi) is 11.2. The molecule has 0 saturated heterocycles. The maximum absolute atomic E-state index is 7.17. The number of anilines is 6. The Labute approximate surface area is 425 Å². The molecule has 0 radical (unpaired) electrons. The molecule has 12 aromatic carbocycles. The molecule has 1 aromatic heterocycles. The Balaban J connectivity index is 1.09. The SMILES string of the molecule is c1ccc(-c2ccc(-c3ccccc3N(c3ccc(-c4ccccc4)cc3)c3cc(N(c4ccc(-c5ccccc5)cc4)c4ccccc4-c4ccccc4)cc4oc5cc6ccccc6cc5c34)cc2)cc1. The van der Waals surface area contributed by atoms with Gasteiger partial charge in [0.15, 0.2) is 0 Å². The molecule has 0 spiro atoms. The van der Waals surface area contributed by atoms with Crippen molar-refractivity contribution < 1.29 is 4.42 Å². The topological polar surface area (TPSA) is 19.6 Å². The van der Waals surface area contributed by atoms with E-state index in [4.69, 9.17) is 4.42 Å². The van der Waals surface area contributed by atoms with Gasteiger partial charge in [0.2, 0.25) is 0 Å². The molecule has 1 heterocycles. The highest BCUT2D eigenvalue weighted by Crippen LogP contribution is 2.51. The number of para-hydroxylation sites is 2. The lowest BCUT2D eigenvalue weighted by Crippen LogP contribution is -2.15. The molecule has 344 valence electrons. The number of rotatable bonds is 11. The Morgan fingerprint density at radius 1 is 0.233 bits per heavy atom. The average Bonchev–Trinajstić information content (AvgIpc) is 3.83. The van der Waals surface area contributed by atoms with Crippen LogP contribution in [0.2, 0.25) is 0 Å². The van der Waals surface area contributed by atoms with E-state index < -0.39 is 0 Å². The second-order valence-electron chi connectivity index (χ2n) is 18.5. The van der Waals surface area contributed by atoms with Gasteiger partial charge in [0.05, 0.1) is 28.1 Å². The van der Waals surface area contributed by atoms with Crippen LogP contribution in [0, 0.1) is 0 Å². The summed E-state index contributed by atoms with van der Waals surface area (Å²) in [6.45, 7) is 0. The first kappa shape index (κ1) is 43.3. The van der Waals surface area contributed by atoms with Gasteiger partial charge in [-0.15, -0.1) is 0 Å². The van der Waals surface area contributed by atoms with Gasteiger partial charge < -0.3 is 14.2 Å². The fourth-order valence-electron chi connectivity index (χ4n) is 10.5. The van der Waals surface area contributed by atoms with Crippen molar-refractivity contribution in [1.29, 1.82) is 0 Å². The Morgan fingerprint density at radius 2 is 0.603 bits per heavy atom. The minimum absolute atomic E-state index is 0.788. The largest absolute Gasteiger partial charge is 0.456 e. The van der Waals surface area contributed by atoms with Crippen LogP contribution in [-0.2, 0) is 0 Å². The van der Waals surface area contributed by atoms with Gasteiger partial charge in [0.25, 0.3) is 0 Å². The third kappa shape index (κ3) is 8.29. The zero-order valence-electron chi connectivity index (χ0n) is 40.0. The van der Waals surface area contributed by atoms with Gasteiger partial charge in [-0.2, -0.15) is 0 Å². The molecular formula is C70H48N2O. The van der Waals surface area contributed by atoms with Crippen LogP contribution in [0.4, 0.5) is 34.1 Å². The van der Waals surface area contributed by atoms with Gasteiger partial charge in [0.1, 0.15) is 11.2 Å². The number of furan rings is 1. The summed E-state index contributed by atoms with van der Waals surface area (Å²) < 4.78 is 7.17. The smallest absolute Gasteiger partial charge is 0.139 e. The number of hydrogen-bond donors (Lipinski definition) is 0. The van der Waals surface area contributed by atoms with Gasteiger partial charge >= 0.3 is 0 Å². The normalized spacial score (nSPS) is 11.3. The number of hydrogen-bond acceptors (Lipinski definition) is 3. The predicted octanol–water partition coefficient (Wildman–Crippen LogP) is 20.0. The highest BCUT2D eigenvalue weighted by Gasteiger charge is 2.27. The lowest BCUT2D eigenvalue weighted by atomic mass is 9.97. The molecule has 3 nitrogen and oxygen atoms in total. The van der Waals surface area contributed by atoms with Crippen LogP contribution in [0.25, 0.3) is 88.3 Å². The quantitative estimate of drug-likeness (QED) is 0.129. The van der Waals surface area contributed by atoms with Crippen LogP contribution in [0.5, 0.6) is 0 Å². The average molecular weight is 933 g/mol. The van der Waals surface area contributed by atoms with Crippen molar-refractivity contribution >= 4 is 66.8 Å². The molecule has 0 amide bonds. The van der Waals surface area contributed by atoms with Gasteiger partial charge in [-0.3, -0.25) is 0 Å². The zero-order valence-corrected chi connectivity index (χ0v) is 40.0. The summed E-state index contributed by atoms with van der Waals surface area (Å²) in [5.74, 6) is 0. The monoisotopic (exact) mass is 932 g/mol. The predicted molar refractivity (Wildman–Crippen MR) is 308 cm³/mol. The van der Waals surface area contributed by atoms with E-state index >= 15 is 0 Å². The highest BCUT2D eigenvalue weighted by molar-refractivity contribution is 6.18. The minimum Gasteiger partial charge on any atom is -0.456 e. The lowest BCUT2D eigenvalue weighted by Gasteiger charge is -2.32. The molecule has 0 fully saturated rings. The van der Waals surface area contributed by atoms with Crippen molar-refractivity contribution in [3.63, 3.8) is 0 Å². The molecular weight excluding hydrogens is 885 g/mol. The van der Waals surface area contributed by atoms with Gasteiger partial charge in [-0.1, -0.05) is 231 Å². The van der Waals surface area contributed by atoms with Crippen molar-refractivity contribution in [2.75, 3.05) is 9.80 Å². The maximum atomic E-state index is 7.17. The standard InChI is InChI=1S/C70H48N2O/c1-5-19-49(20-6-1)52-33-35-56(36-34-52)63-30-16-18-32-66(63)72(60-43-39-54(40-44-60)51-23-9-3-10-24-51)67-47-61(48-69-70(67)64-45-57-27-13-14-28-58(57)46-68(64)73-69)71(59-41-37-53(38-42-59)50-21-7-2-8-22-50)65-31-17-15-29-62(65)55-25-11-4-12-26-55/h1-48H. The summed E-state index contributed by atoms with van der Waals surface area (Å²) in [6, 6.07) is 105. The van der Waals surface area contributed by atoms with Crippen LogP contribution < -0.4 is 9.80 Å². The zero-order chi connectivity index (χ0) is 48.5. The van der Waals surface area contributed by atoms with Gasteiger partial charge in [-0.25, -0.2) is 0 Å². The third-order valence-electron chi connectivity index (χ3n) is 14.0. The minimum atomic E-state index is 0.788.